The molecule has 208 valence electrons. The van der Waals surface area contributed by atoms with Crippen molar-refractivity contribution in [2.24, 2.45) is 4.99 Å². The lowest BCUT2D eigenvalue weighted by molar-refractivity contribution is 0.146. The number of nitrogens with one attached hydrogen (secondary N) is 1. The molecule has 0 spiro atoms. The van der Waals surface area contributed by atoms with Crippen LogP contribution in [0.4, 0.5) is 4.79 Å². The predicted molar refractivity (Wildman–Crippen MR) is 164 cm³/mol. The van der Waals surface area contributed by atoms with Crippen LogP contribution in [-0.4, -0.2) is 43.2 Å². The van der Waals surface area contributed by atoms with Crippen molar-refractivity contribution < 1.29 is 14.3 Å². The number of ether oxygens (including phenoxy) is 2. The van der Waals surface area contributed by atoms with Crippen molar-refractivity contribution in [3.05, 3.63) is 122 Å². The molecular formula is C31H33BrN4O3S. The summed E-state index contributed by atoms with van der Waals surface area (Å²) >= 11 is 5.44. The Bertz CT molecular complexity index is 1410. The first-order valence-electron chi connectivity index (χ1n) is 12.8. The summed E-state index contributed by atoms with van der Waals surface area (Å²) in [5.41, 5.74) is 5.35. The number of carbonyl (C=O) groups excluding carboxylic acids is 1. The minimum Gasteiger partial charge on any atom is -0.497 e. The molecule has 1 aromatic heterocycles. The van der Waals surface area contributed by atoms with Crippen LogP contribution in [0.1, 0.15) is 28.5 Å². The molecule has 40 heavy (non-hydrogen) atoms. The highest BCUT2D eigenvalue weighted by Gasteiger charge is 2.41. The SMILES string of the molecule is CNN(C)/C(=N/C(=O)OCc1ccccc1)N(Cc1ccc(OC)cc1)C(C)(c1cccs1)c1ccccc1Br. The first-order valence-corrected chi connectivity index (χ1v) is 14.4. The number of hydrazine groups is 1. The molecule has 0 aliphatic heterocycles. The van der Waals surface area contributed by atoms with Crippen molar-refractivity contribution in [3.8, 4) is 5.75 Å². The van der Waals surface area contributed by atoms with Crippen molar-refractivity contribution in [3.63, 3.8) is 0 Å². The highest BCUT2D eigenvalue weighted by Crippen LogP contribution is 2.42. The summed E-state index contributed by atoms with van der Waals surface area (Å²) in [6.45, 7) is 2.72. The lowest BCUT2D eigenvalue weighted by Gasteiger charge is -2.45. The molecule has 7 nitrogen and oxygen atoms in total. The van der Waals surface area contributed by atoms with Crippen molar-refractivity contribution in [1.29, 1.82) is 0 Å². The van der Waals surface area contributed by atoms with Gasteiger partial charge in [0.2, 0.25) is 5.96 Å². The molecule has 1 atom stereocenters. The summed E-state index contributed by atoms with van der Waals surface area (Å²) in [7, 11) is 5.27. The number of guanidine groups is 1. The molecule has 0 aliphatic rings. The number of hydrogen-bond donors (Lipinski definition) is 1. The van der Waals surface area contributed by atoms with Gasteiger partial charge in [-0.2, -0.15) is 0 Å². The second-order valence-electron chi connectivity index (χ2n) is 9.20. The van der Waals surface area contributed by atoms with Gasteiger partial charge in [0.1, 0.15) is 17.9 Å². The van der Waals surface area contributed by atoms with Crippen LogP contribution >= 0.6 is 27.3 Å². The number of carbonyl (C=O) groups is 1. The molecule has 4 aromatic rings. The maximum Gasteiger partial charge on any atom is 0.437 e. The quantitative estimate of drug-likeness (QED) is 0.123. The highest BCUT2D eigenvalue weighted by atomic mass is 79.9. The molecule has 4 rings (SSSR count). The van der Waals surface area contributed by atoms with E-state index < -0.39 is 11.6 Å². The van der Waals surface area contributed by atoms with E-state index in [2.05, 4.69) is 55.7 Å². The first kappa shape index (κ1) is 29.3. The number of nitrogens with zero attached hydrogens (tertiary/aromatic N) is 3. The number of halogens is 1. The number of aliphatic imine (C=N–C) groups is 1. The molecule has 1 amide bonds. The van der Waals surface area contributed by atoms with Gasteiger partial charge in [-0.15, -0.1) is 16.3 Å². The Morgan fingerprint density at radius 2 is 1.68 bits per heavy atom. The first-order chi connectivity index (χ1) is 19.4. The lowest BCUT2D eigenvalue weighted by atomic mass is 9.87. The molecule has 0 saturated carbocycles. The fourth-order valence-corrected chi connectivity index (χ4v) is 6.00. The number of rotatable bonds is 9. The minimum absolute atomic E-state index is 0.130. The fourth-order valence-electron chi connectivity index (χ4n) is 4.41. The van der Waals surface area contributed by atoms with E-state index in [4.69, 9.17) is 9.47 Å². The molecule has 0 saturated heterocycles. The van der Waals surface area contributed by atoms with Crippen LogP contribution < -0.4 is 10.2 Å². The third-order valence-corrected chi connectivity index (χ3v) is 8.48. The maximum atomic E-state index is 13.2. The Morgan fingerprint density at radius 3 is 2.30 bits per heavy atom. The van der Waals surface area contributed by atoms with Gasteiger partial charge in [0.25, 0.3) is 0 Å². The number of thiophene rings is 1. The maximum absolute atomic E-state index is 13.2. The van der Waals surface area contributed by atoms with Gasteiger partial charge < -0.3 is 14.4 Å². The number of methoxy groups -OCH3 is 1. The van der Waals surface area contributed by atoms with Crippen molar-refractivity contribution in [1.82, 2.24) is 15.3 Å². The van der Waals surface area contributed by atoms with Crippen LogP contribution in [0.25, 0.3) is 0 Å². The molecule has 3 aromatic carbocycles. The van der Waals surface area contributed by atoms with Crippen molar-refractivity contribution >= 4 is 39.3 Å². The molecule has 0 radical (unpaired) electrons. The average Bonchev–Trinajstić information content (AvgIpc) is 3.54. The average molecular weight is 622 g/mol. The van der Waals surface area contributed by atoms with Crippen LogP contribution in [0.5, 0.6) is 5.75 Å². The standard InChI is InChI=1S/C31H33BrN4O3S/c1-31(28-15-10-20-40-28,26-13-8-9-14-27(26)32)36(21-23-16-18-25(38-4)19-17-23)29(35(3)33-2)34-30(37)39-22-24-11-6-5-7-12-24/h5-20,33H,21-22H2,1-4H3/b34-29-. The van der Waals surface area contributed by atoms with Crippen LogP contribution in [0.3, 0.4) is 0 Å². The van der Waals surface area contributed by atoms with Gasteiger partial charge in [-0.1, -0.05) is 82.7 Å². The summed E-state index contributed by atoms with van der Waals surface area (Å²) in [6.07, 6.45) is -0.679. The van der Waals surface area contributed by atoms with Gasteiger partial charge in [-0.3, -0.25) is 5.01 Å². The zero-order chi connectivity index (χ0) is 28.5. The normalized spacial score (nSPS) is 12.9. The molecule has 0 fully saturated rings. The molecule has 9 heteroatoms. The van der Waals surface area contributed by atoms with E-state index in [0.29, 0.717) is 12.5 Å². The highest BCUT2D eigenvalue weighted by molar-refractivity contribution is 9.10. The third-order valence-electron chi connectivity index (χ3n) is 6.71. The number of benzene rings is 3. The van der Waals surface area contributed by atoms with Crippen LogP contribution in [0.15, 0.2) is 106 Å². The monoisotopic (exact) mass is 620 g/mol. The van der Waals surface area contributed by atoms with Gasteiger partial charge in [-0.05, 0) is 53.3 Å². The Hall–Kier alpha value is -3.66. The van der Waals surface area contributed by atoms with Gasteiger partial charge >= 0.3 is 6.09 Å². The zero-order valence-electron chi connectivity index (χ0n) is 23.0. The van der Waals surface area contributed by atoms with Crippen LogP contribution in [0, 0.1) is 0 Å². The molecule has 0 aliphatic carbocycles. The summed E-state index contributed by atoms with van der Waals surface area (Å²) in [6, 6.07) is 29.7. The van der Waals surface area contributed by atoms with Gasteiger partial charge in [0.05, 0.1) is 7.11 Å². The summed E-state index contributed by atoms with van der Waals surface area (Å²) in [5, 5.41) is 3.79. The van der Waals surface area contributed by atoms with E-state index in [-0.39, 0.29) is 6.61 Å². The van der Waals surface area contributed by atoms with E-state index in [1.165, 1.54) is 0 Å². The summed E-state index contributed by atoms with van der Waals surface area (Å²) in [5.74, 6) is 1.18. The summed E-state index contributed by atoms with van der Waals surface area (Å²) in [4.78, 5) is 20.9. The fraction of sp³-hybridized carbons (Fsp3) is 0.226. The van der Waals surface area contributed by atoms with E-state index in [1.54, 1.807) is 30.5 Å². The second kappa shape index (κ2) is 13.6. The third kappa shape index (κ3) is 6.72. The van der Waals surface area contributed by atoms with Gasteiger partial charge in [0, 0.05) is 30.0 Å². The Kier molecular flexibility index (Phi) is 9.98. The molecule has 0 bridgehead atoms. The van der Waals surface area contributed by atoms with E-state index in [0.717, 1.165) is 31.8 Å². The second-order valence-corrected chi connectivity index (χ2v) is 11.0. The van der Waals surface area contributed by atoms with Crippen LogP contribution in [-0.2, 0) is 23.4 Å². The predicted octanol–water partition coefficient (Wildman–Crippen LogP) is 7.04. The Balaban J connectivity index is 1.85. The topological polar surface area (TPSA) is 66.4 Å². The molecular weight excluding hydrogens is 588 g/mol. The number of amides is 1. The molecule has 1 heterocycles. The largest absolute Gasteiger partial charge is 0.497 e. The Morgan fingerprint density at radius 1 is 0.975 bits per heavy atom. The Labute approximate surface area is 248 Å². The molecule has 1 unspecified atom stereocenters. The van der Waals surface area contributed by atoms with E-state index in [9.17, 15) is 4.79 Å². The van der Waals surface area contributed by atoms with Crippen molar-refractivity contribution in [2.75, 3.05) is 21.2 Å². The lowest BCUT2D eigenvalue weighted by Crippen LogP contribution is -2.55. The molecule has 1 N–H and O–H groups in total. The smallest absolute Gasteiger partial charge is 0.437 e. The van der Waals surface area contributed by atoms with Gasteiger partial charge in [-0.25, -0.2) is 10.2 Å². The van der Waals surface area contributed by atoms with Gasteiger partial charge in [0.15, 0.2) is 0 Å². The van der Waals surface area contributed by atoms with Crippen molar-refractivity contribution in [2.45, 2.75) is 25.6 Å². The zero-order valence-corrected chi connectivity index (χ0v) is 25.4. The summed E-state index contributed by atoms with van der Waals surface area (Å²) < 4.78 is 11.9. The van der Waals surface area contributed by atoms with E-state index >= 15 is 0 Å². The number of hydrogen-bond acceptors (Lipinski definition) is 5. The van der Waals surface area contributed by atoms with Crippen LogP contribution in [0.2, 0.25) is 0 Å². The minimum atomic E-state index is -0.724. The van der Waals surface area contributed by atoms with E-state index in [1.807, 2.05) is 85.9 Å².